The van der Waals surface area contributed by atoms with Gasteiger partial charge in [-0.25, -0.2) is 14.2 Å². The molecule has 2 aromatic rings. The number of hydrogen-bond donors (Lipinski definition) is 2. The van der Waals surface area contributed by atoms with Gasteiger partial charge in [-0.2, -0.15) is 0 Å². The van der Waals surface area contributed by atoms with Crippen LogP contribution in [0.1, 0.15) is 38.3 Å². The molecule has 192 valence electrons. The normalized spacial score (nSPS) is 12.7. The minimum Gasteiger partial charge on any atom is -0.480 e. The first-order valence-corrected chi connectivity index (χ1v) is 12.8. The smallest absolute Gasteiger partial charge is 0.475 e. The largest absolute Gasteiger partial charge is 0.480 e. The van der Waals surface area contributed by atoms with Crippen LogP contribution in [0.2, 0.25) is 10.0 Å². The third-order valence-corrected chi connectivity index (χ3v) is 6.06. The molecule has 2 N–H and O–H groups in total. The van der Waals surface area contributed by atoms with Gasteiger partial charge in [-0.3, -0.25) is 13.6 Å². The Morgan fingerprint density at radius 3 is 1.91 bits per heavy atom. The fourth-order valence-corrected chi connectivity index (χ4v) is 4.25. The lowest BCUT2D eigenvalue weighted by Gasteiger charge is -2.22. The number of phosphoric acid groups is 1. The lowest BCUT2D eigenvalue weighted by molar-refractivity contribution is -0.139. The van der Waals surface area contributed by atoms with Gasteiger partial charge in [0.05, 0.1) is 19.8 Å². The third-order valence-electron chi connectivity index (χ3n) is 4.20. The summed E-state index contributed by atoms with van der Waals surface area (Å²) in [7, 11) is -4.16. The molecule has 2 rings (SSSR count). The summed E-state index contributed by atoms with van der Waals surface area (Å²) in [6.07, 6.45) is -1.12. The Bertz CT molecular complexity index is 1010. The molecular formula is C23H28Cl2NO8P. The molecule has 1 atom stereocenters. The zero-order valence-corrected chi connectivity index (χ0v) is 21.9. The summed E-state index contributed by atoms with van der Waals surface area (Å²) < 4.78 is 34.7. The van der Waals surface area contributed by atoms with Crippen LogP contribution in [0.25, 0.3) is 0 Å². The van der Waals surface area contributed by atoms with Gasteiger partial charge in [0.15, 0.2) is 0 Å². The van der Waals surface area contributed by atoms with Crippen molar-refractivity contribution in [2.45, 2.75) is 52.0 Å². The van der Waals surface area contributed by atoms with E-state index in [2.05, 4.69) is 5.32 Å². The van der Waals surface area contributed by atoms with Crippen LogP contribution in [-0.4, -0.2) is 35.4 Å². The first-order chi connectivity index (χ1) is 16.3. The molecular weight excluding hydrogens is 520 g/mol. The van der Waals surface area contributed by atoms with E-state index in [9.17, 15) is 19.3 Å². The van der Waals surface area contributed by atoms with Crippen LogP contribution in [0, 0.1) is 0 Å². The van der Waals surface area contributed by atoms with Crippen LogP contribution >= 0.6 is 31.0 Å². The van der Waals surface area contributed by atoms with Crippen molar-refractivity contribution in [2.75, 3.05) is 6.61 Å². The molecule has 0 saturated heterocycles. The van der Waals surface area contributed by atoms with E-state index in [0.29, 0.717) is 21.2 Å². The van der Waals surface area contributed by atoms with Crippen molar-refractivity contribution in [3.8, 4) is 0 Å². The number of alkyl carbamates (subject to hydrolysis) is 1. The molecule has 12 heteroatoms. The number of hydrogen-bond acceptors (Lipinski definition) is 7. The summed E-state index contributed by atoms with van der Waals surface area (Å²) in [6.45, 7) is 4.33. The van der Waals surface area contributed by atoms with Crippen LogP contribution in [0.15, 0.2) is 48.5 Å². The summed E-state index contributed by atoms with van der Waals surface area (Å²) in [4.78, 5) is 23.5. The first kappa shape index (κ1) is 29.1. The molecule has 0 unspecified atom stereocenters. The van der Waals surface area contributed by atoms with E-state index in [-0.39, 0.29) is 26.2 Å². The molecule has 0 spiro atoms. The maximum absolute atomic E-state index is 13.3. The molecule has 0 aliphatic carbocycles. The summed E-state index contributed by atoms with van der Waals surface area (Å²) in [6, 6.07) is 12.1. The van der Waals surface area contributed by atoms with E-state index in [1.54, 1.807) is 69.3 Å². The Labute approximate surface area is 214 Å². The molecule has 2 aromatic carbocycles. The Hall–Kier alpha value is -2.13. The summed E-state index contributed by atoms with van der Waals surface area (Å²) in [5.74, 6) is -1.31. The molecule has 0 saturated carbocycles. The number of ether oxygens (including phenoxy) is 1. The van der Waals surface area contributed by atoms with Crippen LogP contribution in [0.4, 0.5) is 4.79 Å². The highest BCUT2D eigenvalue weighted by atomic mass is 35.5. The second kappa shape index (κ2) is 13.3. The number of carboxylic acid groups (broad SMARTS) is 1. The predicted octanol–water partition coefficient (Wildman–Crippen LogP) is 6.22. The number of aliphatic carboxylic acids is 1. The lowest BCUT2D eigenvalue weighted by atomic mass is 10.2. The molecule has 1 amide bonds. The maximum atomic E-state index is 13.3. The number of carbonyl (C=O) groups is 2. The number of amides is 1. The standard InChI is InChI=1S/C23H28Cl2NO8P/c1-23(2,3)34-22(29)26-20(21(27)28)10-11-31-35(30,32-14-16-6-4-8-18(24)12-16)33-15-17-7-5-9-19(25)13-17/h4-9,12-13,20H,10-11,14-15H2,1-3H3,(H,26,29)(H,27,28)/t20-/m0/s1. The van der Waals surface area contributed by atoms with Gasteiger partial charge in [0.1, 0.15) is 11.6 Å². The molecule has 35 heavy (non-hydrogen) atoms. The summed E-state index contributed by atoms with van der Waals surface area (Å²) in [5, 5.41) is 12.6. The minimum absolute atomic E-state index is 0.133. The molecule has 0 aromatic heterocycles. The van der Waals surface area contributed by atoms with Gasteiger partial charge in [-0.05, 0) is 56.2 Å². The van der Waals surface area contributed by atoms with Gasteiger partial charge in [0.2, 0.25) is 0 Å². The highest BCUT2D eigenvalue weighted by molar-refractivity contribution is 7.48. The van der Waals surface area contributed by atoms with Crippen molar-refractivity contribution >= 4 is 43.1 Å². The zero-order valence-electron chi connectivity index (χ0n) is 19.5. The van der Waals surface area contributed by atoms with Crippen LogP contribution < -0.4 is 5.32 Å². The average molecular weight is 548 g/mol. The number of rotatable bonds is 12. The molecule has 0 radical (unpaired) electrons. The van der Waals surface area contributed by atoms with Crippen molar-refractivity contribution < 1.29 is 37.6 Å². The van der Waals surface area contributed by atoms with Gasteiger partial charge in [0.25, 0.3) is 0 Å². The molecule has 0 aliphatic heterocycles. The van der Waals surface area contributed by atoms with Crippen LogP contribution in [-0.2, 0) is 40.9 Å². The van der Waals surface area contributed by atoms with E-state index in [4.69, 9.17) is 41.5 Å². The topological polar surface area (TPSA) is 120 Å². The number of halogens is 2. The second-order valence-electron chi connectivity index (χ2n) is 8.41. The van der Waals surface area contributed by atoms with Gasteiger partial charge < -0.3 is 15.2 Å². The van der Waals surface area contributed by atoms with Crippen molar-refractivity contribution in [2.24, 2.45) is 0 Å². The third kappa shape index (κ3) is 11.4. The second-order valence-corrected chi connectivity index (χ2v) is 11.0. The van der Waals surface area contributed by atoms with Crippen molar-refractivity contribution in [1.29, 1.82) is 0 Å². The fourth-order valence-electron chi connectivity index (χ4n) is 2.66. The molecule has 0 fully saturated rings. The Kier molecular flexibility index (Phi) is 11.0. The summed E-state index contributed by atoms with van der Waals surface area (Å²) >= 11 is 12.0. The quantitative estimate of drug-likeness (QED) is 0.300. The van der Waals surface area contributed by atoms with Gasteiger partial charge in [-0.15, -0.1) is 0 Å². The van der Waals surface area contributed by atoms with Gasteiger partial charge in [-0.1, -0.05) is 47.5 Å². The SMILES string of the molecule is CC(C)(C)OC(=O)N[C@@H](CCOP(=O)(OCc1cccc(Cl)c1)OCc1cccc(Cl)c1)C(=O)O. The molecule has 0 aliphatic rings. The van der Waals surface area contributed by atoms with E-state index in [0.717, 1.165) is 0 Å². The van der Waals surface area contributed by atoms with Gasteiger partial charge in [0, 0.05) is 16.5 Å². The van der Waals surface area contributed by atoms with Crippen molar-refractivity contribution in [3.63, 3.8) is 0 Å². The average Bonchev–Trinajstić information content (AvgIpc) is 2.75. The summed E-state index contributed by atoms with van der Waals surface area (Å²) in [5.41, 5.74) is 0.451. The Morgan fingerprint density at radius 1 is 0.971 bits per heavy atom. The van der Waals surface area contributed by atoms with Crippen molar-refractivity contribution in [3.05, 3.63) is 69.7 Å². The van der Waals surface area contributed by atoms with E-state index in [1.165, 1.54) is 0 Å². The number of nitrogens with one attached hydrogen (secondary N) is 1. The lowest BCUT2D eigenvalue weighted by Crippen LogP contribution is -2.44. The molecule has 0 bridgehead atoms. The number of benzene rings is 2. The number of carbonyl (C=O) groups excluding carboxylic acids is 1. The highest BCUT2D eigenvalue weighted by Gasteiger charge is 2.30. The van der Waals surface area contributed by atoms with E-state index < -0.39 is 31.5 Å². The number of carboxylic acids is 1. The Morgan fingerprint density at radius 2 is 1.49 bits per heavy atom. The first-order valence-electron chi connectivity index (χ1n) is 10.6. The predicted molar refractivity (Wildman–Crippen MR) is 131 cm³/mol. The fraction of sp³-hybridized carbons (Fsp3) is 0.391. The van der Waals surface area contributed by atoms with E-state index >= 15 is 0 Å². The van der Waals surface area contributed by atoms with Crippen LogP contribution in [0.5, 0.6) is 0 Å². The van der Waals surface area contributed by atoms with Crippen molar-refractivity contribution in [1.82, 2.24) is 5.32 Å². The zero-order chi connectivity index (χ0) is 26.1. The highest BCUT2D eigenvalue weighted by Crippen LogP contribution is 2.51. The number of phosphoric ester groups is 1. The molecule has 9 nitrogen and oxygen atoms in total. The van der Waals surface area contributed by atoms with Gasteiger partial charge >= 0.3 is 19.9 Å². The Balaban J connectivity index is 2.04. The maximum Gasteiger partial charge on any atom is 0.475 e. The van der Waals surface area contributed by atoms with E-state index in [1.807, 2.05) is 0 Å². The minimum atomic E-state index is -4.16. The monoisotopic (exact) mass is 547 g/mol. The van der Waals surface area contributed by atoms with Crippen LogP contribution in [0.3, 0.4) is 0 Å². The molecule has 0 heterocycles.